The minimum absolute atomic E-state index is 0.135. The van der Waals surface area contributed by atoms with Crippen molar-refractivity contribution in [2.45, 2.75) is 180 Å². The Morgan fingerprint density at radius 2 is 0.931 bits per heavy atom. The van der Waals surface area contributed by atoms with Crippen LogP contribution in [0.3, 0.4) is 0 Å². The third-order valence-electron chi connectivity index (χ3n) is 10.1. The number of nitrogens with one attached hydrogen (secondary N) is 3. The Labute approximate surface area is 341 Å². The van der Waals surface area contributed by atoms with Crippen molar-refractivity contribution in [1.29, 1.82) is 0 Å². The van der Waals surface area contributed by atoms with Crippen LogP contribution in [-0.2, 0) is 43.2 Å². The molecular weight excluding hydrogens is 758 g/mol. The molecule has 4 atom stereocenters. The Balaban J connectivity index is 4.44. The molecule has 17 nitrogen and oxygen atoms in total. The van der Waals surface area contributed by atoms with Gasteiger partial charge in [-0.15, -0.1) is 0 Å². The molecule has 0 fully saturated rings. The van der Waals surface area contributed by atoms with E-state index < -0.39 is 84.8 Å². The van der Waals surface area contributed by atoms with Crippen molar-refractivity contribution < 1.29 is 68.7 Å². The largest absolute Gasteiger partial charge is 0.481 e. The zero-order valence-corrected chi connectivity index (χ0v) is 34.3. The third kappa shape index (κ3) is 28.9. The standard InChI is InChI=1S/C41H69N3O14/c1-2-29(34(47)28-45)17-15-16-26-42-35(48)25-23-33(41(57)58)44-37(50)24-20-30(39(53)54)27-31(46)21-22-32(40(55)56)43-36(49)18-13-11-9-7-5-3-4-6-8-10-12-14-19-38(51)52/h29-30,32-33,45H,2-28H2,1H3,(H,42,48)(H,43,49)(H,44,50)(H,51,52)(H,53,54)(H,55,56)(H,57,58)/t29-,30+,32-,33-/m0/s1. The van der Waals surface area contributed by atoms with Gasteiger partial charge in [0.1, 0.15) is 24.5 Å². The van der Waals surface area contributed by atoms with E-state index in [1.807, 2.05) is 6.92 Å². The monoisotopic (exact) mass is 827 g/mol. The van der Waals surface area contributed by atoms with E-state index in [0.717, 1.165) is 70.6 Å². The first-order valence-electron chi connectivity index (χ1n) is 21.0. The second-order valence-corrected chi connectivity index (χ2v) is 15.0. The van der Waals surface area contributed by atoms with Gasteiger partial charge < -0.3 is 41.5 Å². The maximum absolute atomic E-state index is 12.6. The molecule has 0 rings (SSSR count). The van der Waals surface area contributed by atoms with E-state index in [9.17, 15) is 58.5 Å². The fraction of sp³-hybridized carbons (Fsp3) is 0.780. The lowest BCUT2D eigenvalue weighted by molar-refractivity contribution is -0.145. The van der Waals surface area contributed by atoms with Crippen LogP contribution < -0.4 is 16.0 Å². The number of Topliss-reactive ketones (excluding diaryl/α,β-unsaturated/α-hetero) is 2. The van der Waals surface area contributed by atoms with Crippen LogP contribution in [0, 0.1) is 11.8 Å². The maximum Gasteiger partial charge on any atom is 0.326 e. The van der Waals surface area contributed by atoms with Crippen LogP contribution >= 0.6 is 0 Å². The highest BCUT2D eigenvalue weighted by Crippen LogP contribution is 2.17. The number of unbranched alkanes of at least 4 members (excludes halogenated alkanes) is 12. The minimum atomic E-state index is -1.41. The highest BCUT2D eigenvalue weighted by Gasteiger charge is 2.27. The number of aliphatic hydroxyl groups is 1. The van der Waals surface area contributed by atoms with Crippen LogP contribution in [0.1, 0.15) is 167 Å². The molecule has 0 aliphatic rings. The zero-order chi connectivity index (χ0) is 43.7. The minimum Gasteiger partial charge on any atom is -0.481 e. The summed E-state index contributed by atoms with van der Waals surface area (Å²) >= 11 is 0. The Bertz CT molecular complexity index is 1290. The maximum atomic E-state index is 12.6. The van der Waals surface area contributed by atoms with Gasteiger partial charge in [0.2, 0.25) is 17.7 Å². The number of rotatable bonds is 39. The van der Waals surface area contributed by atoms with Crippen molar-refractivity contribution in [1.82, 2.24) is 16.0 Å². The van der Waals surface area contributed by atoms with E-state index in [-0.39, 0.29) is 56.6 Å². The van der Waals surface area contributed by atoms with Crippen molar-refractivity contribution in [3.8, 4) is 0 Å². The van der Waals surface area contributed by atoms with Gasteiger partial charge >= 0.3 is 23.9 Å². The highest BCUT2D eigenvalue weighted by molar-refractivity contribution is 5.87. The van der Waals surface area contributed by atoms with Gasteiger partial charge in [0.15, 0.2) is 5.78 Å². The number of carboxylic acids is 4. The molecule has 58 heavy (non-hydrogen) atoms. The number of aliphatic carboxylic acids is 4. The number of aliphatic hydroxyl groups excluding tert-OH is 1. The average Bonchev–Trinajstić information content (AvgIpc) is 3.17. The molecule has 0 spiro atoms. The van der Waals surface area contributed by atoms with Crippen LogP contribution in [-0.4, -0.2) is 104 Å². The molecule has 0 aliphatic heterocycles. The Hall–Kier alpha value is -4.41. The molecule has 0 aromatic rings. The van der Waals surface area contributed by atoms with E-state index in [4.69, 9.17) is 10.2 Å². The summed E-state index contributed by atoms with van der Waals surface area (Å²) in [6, 6.07) is -2.75. The fourth-order valence-electron chi connectivity index (χ4n) is 6.51. The van der Waals surface area contributed by atoms with Crippen LogP contribution in [0.4, 0.5) is 0 Å². The first-order chi connectivity index (χ1) is 27.6. The molecule has 0 aliphatic carbocycles. The number of amides is 3. The van der Waals surface area contributed by atoms with Crippen molar-refractivity contribution >= 4 is 53.2 Å². The summed E-state index contributed by atoms with van der Waals surface area (Å²) in [5, 5.41) is 53.8. The van der Waals surface area contributed by atoms with Crippen molar-refractivity contribution in [2.75, 3.05) is 13.2 Å². The van der Waals surface area contributed by atoms with Crippen LogP contribution in [0.2, 0.25) is 0 Å². The zero-order valence-electron chi connectivity index (χ0n) is 34.3. The normalized spacial score (nSPS) is 13.1. The SMILES string of the molecule is CC[C@@H](CCCCNC(=O)CC[C@H](NC(=O)CC[C@H](CC(=O)CC[C@H](NC(=O)CCCCCCCCCCCCCCC(=O)O)C(=O)O)C(=O)O)C(=O)O)C(=O)CO. The summed E-state index contributed by atoms with van der Waals surface area (Å²) in [7, 11) is 0. The Kier molecular flexibility index (Phi) is 31.0. The van der Waals surface area contributed by atoms with E-state index in [1.54, 1.807) is 0 Å². The lowest BCUT2D eigenvalue weighted by Gasteiger charge is -2.17. The molecule has 3 amide bonds. The topological polar surface area (TPSA) is 291 Å². The number of hydrogen-bond acceptors (Lipinski definition) is 10. The lowest BCUT2D eigenvalue weighted by Crippen LogP contribution is -2.42. The molecule has 0 bridgehead atoms. The summed E-state index contributed by atoms with van der Waals surface area (Å²) < 4.78 is 0. The molecule has 0 aromatic heterocycles. The summed E-state index contributed by atoms with van der Waals surface area (Å²) in [6.45, 7) is 1.65. The van der Waals surface area contributed by atoms with Crippen LogP contribution in [0.15, 0.2) is 0 Å². The van der Waals surface area contributed by atoms with Crippen molar-refractivity contribution in [2.24, 2.45) is 11.8 Å². The fourth-order valence-corrected chi connectivity index (χ4v) is 6.51. The Morgan fingerprint density at radius 1 is 0.466 bits per heavy atom. The molecule has 0 heterocycles. The average molecular weight is 828 g/mol. The summed E-state index contributed by atoms with van der Waals surface area (Å²) in [6.07, 6.45) is 12.3. The number of carboxylic acid groups (broad SMARTS) is 4. The second-order valence-electron chi connectivity index (χ2n) is 15.0. The van der Waals surface area contributed by atoms with Gasteiger partial charge in [-0.1, -0.05) is 77.6 Å². The van der Waals surface area contributed by atoms with Gasteiger partial charge in [0.05, 0.1) is 5.92 Å². The summed E-state index contributed by atoms with van der Waals surface area (Å²) in [4.78, 5) is 107. The smallest absolute Gasteiger partial charge is 0.326 e. The van der Waals surface area contributed by atoms with E-state index >= 15 is 0 Å². The quantitative estimate of drug-likeness (QED) is 0.0395. The summed E-state index contributed by atoms with van der Waals surface area (Å²) in [5.74, 6) is -8.81. The van der Waals surface area contributed by atoms with Crippen molar-refractivity contribution in [3.05, 3.63) is 0 Å². The first-order valence-corrected chi connectivity index (χ1v) is 21.0. The van der Waals surface area contributed by atoms with E-state index in [0.29, 0.717) is 38.6 Å². The molecule has 332 valence electrons. The molecule has 17 heteroatoms. The van der Waals surface area contributed by atoms with Gasteiger partial charge in [0, 0.05) is 51.0 Å². The molecule has 0 radical (unpaired) electrons. The van der Waals surface area contributed by atoms with E-state index in [2.05, 4.69) is 16.0 Å². The van der Waals surface area contributed by atoms with Gasteiger partial charge in [-0.2, -0.15) is 0 Å². The van der Waals surface area contributed by atoms with Crippen LogP contribution in [0.5, 0.6) is 0 Å². The molecule has 0 saturated heterocycles. The number of hydrogen-bond donors (Lipinski definition) is 8. The molecular formula is C41H69N3O14. The van der Waals surface area contributed by atoms with E-state index in [1.165, 1.54) is 0 Å². The predicted molar refractivity (Wildman–Crippen MR) is 213 cm³/mol. The Morgan fingerprint density at radius 3 is 1.40 bits per heavy atom. The predicted octanol–water partition coefficient (Wildman–Crippen LogP) is 4.55. The van der Waals surface area contributed by atoms with Gasteiger partial charge in [-0.05, 0) is 51.4 Å². The van der Waals surface area contributed by atoms with Crippen molar-refractivity contribution in [3.63, 3.8) is 0 Å². The molecule has 0 unspecified atom stereocenters. The van der Waals surface area contributed by atoms with Crippen LogP contribution in [0.25, 0.3) is 0 Å². The molecule has 0 saturated carbocycles. The first kappa shape index (κ1) is 53.6. The molecule has 8 N–H and O–H groups in total. The third-order valence-corrected chi connectivity index (χ3v) is 10.1. The highest BCUT2D eigenvalue weighted by atomic mass is 16.4. The molecule has 0 aromatic carbocycles. The number of ketones is 2. The van der Waals surface area contributed by atoms with Gasteiger partial charge in [-0.25, -0.2) is 9.59 Å². The number of carbonyl (C=O) groups is 9. The lowest BCUT2D eigenvalue weighted by atomic mass is 9.94. The second kappa shape index (κ2) is 33.6. The number of carbonyl (C=O) groups excluding carboxylic acids is 5. The van der Waals surface area contributed by atoms with Gasteiger partial charge in [-0.3, -0.25) is 33.6 Å². The summed E-state index contributed by atoms with van der Waals surface area (Å²) in [5.41, 5.74) is 0. The van der Waals surface area contributed by atoms with Gasteiger partial charge in [0.25, 0.3) is 0 Å².